The van der Waals surface area contributed by atoms with Gasteiger partial charge in [0.1, 0.15) is 0 Å². The summed E-state index contributed by atoms with van der Waals surface area (Å²) in [6.45, 7) is 9.42. The van der Waals surface area contributed by atoms with Crippen molar-refractivity contribution in [3.05, 3.63) is 29.8 Å². The van der Waals surface area contributed by atoms with Crippen LogP contribution in [-0.2, 0) is 4.79 Å². The lowest BCUT2D eigenvalue weighted by Gasteiger charge is -2.14. The Kier molecular flexibility index (Phi) is 8.47. The van der Waals surface area contributed by atoms with Crippen LogP contribution in [0.5, 0.6) is 0 Å². The zero-order valence-corrected chi connectivity index (χ0v) is 14.4. The van der Waals surface area contributed by atoms with E-state index in [1.165, 1.54) is 5.56 Å². The fourth-order valence-corrected chi connectivity index (χ4v) is 3.04. The fraction of sp³-hybridized carbons (Fsp3) is 0.588. The number of carbonyl (C=O) groups excluding carboxylic acids is 1. The number of rotatable bonds is 9. The molecule has 4 heteroatoms. The summed E-state index contributed by atoms with van der Waals surface area (Å²) >= 11 is 1.60. The van der Waals surface area contributed by atoms with E-state index in [0.29, 0.717) is 11.8 Å². The van der Waals surface area contributed by atoms with Crippen molar-refractivity contribution in [2.24, 2.45) is 0 Å². The molecule has 2 unspecified atom stereocenters. The molecule has 0 saturated heterocycles. The Morgan fingerprint density at radius 1 is 1.29 bits per heavy atom. The minimum Gasteiger partial charge on any atom is -0.353 e. The normalized spacial score (nSPS) is 13.7. The molecule has 2 N–H and O–H groups in total. The highest BCUT2D eigenvalue weighted by molar-refractivity contribution is 8.00. The van der Waals surface area contributed by atoms with E-state index in [4.69, 9.17) is 0 Å². The van der Waals surface area contributed by atoms with E-state index in [0.717, 1.165) is 24.3 Å². The number of carbonyl (C=O) groups is 1. The highest BCUT2D eigenvalue weighted by Crippen LogP contribution is 2.22. The molecule has 0 aromatic heterocycles. The molecule has 1 rings (SSSR count). The van der Waals surface area contributed by atoms with E-state index in [2.05, 4.69) is 62.6 Å². The van der Waals surface area contributed by atoms with Crippen molar-refractivity contribution < 1.29 is 4.79 Å². The molecule has 0 aliphatic heterocycles. The molecule has 0 radical (unpaired) electrons. The first-order valence-electron chi connectivity index (χ1n) is 7.82. The van der Waals surface area contributed by atoms with Crippen molar-refractivity contribution in [2.75, 3.05) is 12.3 Å². The summed E-state index contributed by atoms with van der Waals surface area (Å²) in [7, 11) is 0. The van der Waals surface area contributed by atoms with Gasteiger partial charge in [0.15, 0.2) is 0 Å². The molecule has 1 amide bonds. The lowest BCUT2D eigenvalue weighted by Crippen LogP contribution is -2.33. The highest BCUT2D eigenvalue weighted by atomic mass is 32.2. The summed E-state index contributed by atoms with van der Waals surface area (Å²) < 4.78 is 0. The van der Waals surface area contributed by atoms with Crippen LogP contribution in [0, 0.1) is 0 Å². The number of thioether (sulfide) groups is 1. The van der Waals surface area contributed by atoms with Crippen LogP contribution in [0.4, 0.5) is 0 Å². The van der Waals surface area contributed by atoms with Crippen LogP contribution in [-0.4, -0.2) is 24.2 Å². The van der Waals surface area contributed by atoms with Gasteiger partial charge in [0, 0.05) is 17.0 Å². The van der Waals surface area contributed by atoms with Gasteiger partial charge < -0.3 is 10.6 Å². The van der Waals surface area contributed by atoms with Gasteiger partial charge >= 0.3 is 0 Å². The number of hydrogen-bond acceptors (Lipinski definition) is 3. The lowest BCUT2D eigenvalue weighted by atomic mass is 10.1. The average molecular weight is 308 g/mol. The minimum absolute atomic E-state index is 0.117. The Bertz CT molecular complexity index is 437. The molecule has 0 aliphatic carbocycles. The lowest BCUT2D eigenvalue weighted by molar-refractivity contribution is -0.119. The molecule has 0 fully saturated rings. The van der Waals surface area contributed by atoms with Crippen molar-refractivity contribution >= 4 is 17.7 Å². The van der Waals surface area contributed by atoms with Crippen molar-refractivity contribution in [3.63, 3.8) is 0 Å². The third-order valence-corrected chi connectivity index (χ3v) is 4.36. The van der Waals surface area contributed by atoms with Crippen molar-refractivity contribution in [1.29, 1.82) is 0 Å². The second kappa shape index (κ2) is 9.85. The summed E-state index contributed by atoms with van der Waals surface area (Å²) in [6, 6.07) is 9.03. The molecule has 118 valence electrons. The van der Waals surface area contributed by atoms with Crippen LogP contribution in [0.3, 0.4) is 0 Å². The van der Waals surface area contributed by atoms with Gasteiger partial charge in [-0.2, -0.15) is 0 Å². The molecule has 0 bridgehead atoms. The van der Waals surface area contributed by atoms with Crippen LogP contribution in [0.1, 0.15) is 52.1 Å². The van der Waals surface area contributed by atoms with Gasteiger partial charge in [0.2, 0.25) is 5.91 Å². The molecule has 2 atom stereocenters. The van der Waals surface area contributed by atoms with Gasteiger partial charge in [-0.05, 0) is 44.5 Å². The zero-order valence-electron chi connectivity index (χ0n) is 13.6. The highest BCUT2D eigenvalue weighted by Gasteiger charge is 2.08. The maximum Gasteiger partial charge on any atom is 0.230 e. The molecule has 0 spiro atoms. The molecule has 3 nitrogen and oxygen atoms in total. The van der Waals surface area contributed by atoms with E-state index in [1.54, 1.807) is 11.8 Å². The van der Waals surface area contributed by atoms with E-state index in [1.807, 2.05) is 0 Å². The summed E-state index contributed by atoms with van der Waals surface area (Å²) in [6.07, 6.45) is 2.13. The summed E-state index contributed by atoms with van der Waals surface area (Å²) in [5.41, 5.74) is 1.27. The smallest absolute Gasteiger partial charge is 0.230 e. The molecule has 0 aliphatic rings. The van der Waals surface area contributed by atoms with Crippen LogP contribution < -0.4 is 10.6 Å². The van der Waals surface area contributed by atoms with Crippen molar-refractivity contribution in [2.45, 2.75) is 57.5 Å². The van der Waals surface area contributed by atoms with Crippen LogP contribution in [0.25, 0.3) is 0 Å². The number of nitrogens with one attached hydrogen (secondary N) is 2. The Balaban J connectivity index is 2.48. The van der Waals surface area contributed by atoms with Crippen LogP contribution in [0.2, 0.25) is 0 Å². The maximum atomic E-state index is 11.9. The van der Waals surface area contributed by atoms with Gasteiger partial charge in [0.05, 0.1) is 5.75 Å². The number of benzene rings is 1. The molecule has 0 saturated carbocycles. The van der Waals surface area contributed by atoms with E-state index in [9.17, 15) is 4.79 Å². The molecule has 21 heavy (non-hydrogen) atoms. The van der Waals surface area contributed by atoms with E-state index >= 15 is 0 Å². The minimum atomic E-state index is 0.117. The van der Waals surface area contributed by atoms with Gasteiger partial charge in [-0.25, -0.2) is 0 Å². The largest absolute Gasteiger partial charge is 0.353 e. The Morgan fingerprint density at radius 2 is 2.05 bits per heavy atom. The quantitative estimate of drug-likeness (QED) is 0.683. The Hall–Kier alpha value is -1.00. The molecular formula is C17H28N2OS. The first-order chi connectivity index (χ1) is 10.1. The van der Waals surface area contributed by atoms with Gasteiger partial charge in [-0.1, -0.05) is 32.4 Å². The van der Waals surface area contributed by atoms with Crippen LogP contribution in [0.15, 0.2) is 29.2 Å². The number of hydrogen-bond donors (Lipinski definition) is 2. The van der Waals surface area contributed by atoms with Crippen LogP contribution >= 0.6 is 11.8 Å². The molecule has 1 aromatic rings. The summed E-state index contributed by atoms with van der Waals surface area (Å²) in [4.78, 5) is 13.0. The van der Waals surface area contributed by atoms with Crippen molar-refractivity contribution in [3.8, 4) is 0 Å². The number of amides is 1. The summed E-state index contributed by atoms with van der Waals surface area (Å²) in [5, 5.41) is 6.44. The first-order valence-corrected chi connectivity index (χ1v) is 8.80. The predicted molar refractivity (Wildman–Crippen MR) is 91.8 cm³/mol. The standard InChI is InChI=1S/C17H28N2OS/c1-5-8-13(3)19-17(20)12-21-16-10-7-9-15(11-16)14(4)18-6-2/h7,9-11,13-14,18H,5-6,8,12H2,1-4H3,(H,19,20). The third-order valence-electron chi connectivity index (χ3n) is 3.37. The second-order valence-electron chi connectivity index (χ2n) is 5.40. The van der Waals surface area contributed by atoms with Gasteiger partial charge in [-0.3, -0.25) is 4.79 Å². The zero-order chi connectivity index (χ0) is 15.7. The molecular weight excluding hydrogens is 280 g/mol. The predicted octanol–water partition coefficient (Wildman–Crippen LogP) is 3.75. The topological polar surface area (TPSA) is 41.1 Å². The van der Waals surface area contributed by atoms with E-state index < -0.39 is 0 Å². The summed E-state index contributed by atoms with van der Waals surface area (Å²) in [5.74, 6) is 0.596. The van der Waals surface area contributed by atoms with E-state index in [-0.39, 0.29) is 11.9 Å². The maximum absolute atomic E-state index is 11.9. The second-order valence-corrected chi connectivity index (χ2v) is 6.45. The van der Waals surface area contributed by atoms with Crippen molar-refractivity contribution in [1.82, 2.24) is 10.6 Å². The third kappa shape index (κ3) is 7.00. The Morgan fingerprint density at radius 3 is 2.71 bits per heavy atom. The van der Waals surface area contributed by atoms with Gasteiger partial charge in [0.25, 0.3) is 0 Å². The Labute approximate surface area is 133 Å². The monoisotopic (exact) mass is 308 g/mol. The molecule has 0 heterocycles. The SMILES string of the molecule is CCCC(C)NC(=O)CSc1cccc(C(C)NCC)c1. The fourth-order valence-electron chi connectivity index (χ4n) is 2.27. The average Bonchev–Trinajstić information content (AvgIpc) is 2.46. The van der Waals surface area contributed by atoms with Gasteiger partial charge in [-0.15, -0.1) is 11.8 Å². The molecule has 1 aromatic carbocycles. The first kappa shape index (κ1) is 18.1.